The van der Waals surface area contributed by atoms with Crippen LogP contribution in [-0.4, -0.2) is 75.4 Å². The maximum atomic E-state index is 14.4. The highest BCUT2D eigenvalue weighted by Gasteiger charge is 2.37. The first-order valence-electron chi connectivity index (χ1n) is 14.7. The standard InChI is InChI=1S/C32H36F3N5O5S/c1-30(2,3)45-29(43)40-11-10-39(16-22(40)17-41)28-37-27(42)26(46-28)23(18-7-9-25-20(12-18)15-36-38-25)13-19-6-8-21(31(4,5)44)14-24(19)32(33,34)35/h6-9,12,14-15,22,41-42,44H,10-11,13,16-17H2,1-5H3/t22-/m1/s1. The number of fused-ring (bicyclic) bond motifs is 1. The Kier molecular flexibility index (Phi) is 8.92. The Bertz CT molecular complexity index is 1790. The minimum Gasteiger partial charge on any atom is -0.492 e. The number of hydrogen-bond donors (Lipinski definition) is 3. The van der Waals surface area contributed by atoms with Crippen molar-refractivity contribution in [3.63, 3.8) is 0 Å². The predicted octanol–water partition coefficient (Wildman–Crippen LogP) is 3.92. The molecule has 246 valence electrons. The van der Waals surface area contributed by atoms with Crippen LogP contribution in [0.3, 0.4) is 0 Å². The number of aliphatic hydroxyl groups is 2. The van der Waals surface area contributed by atoms with Gasteiger partial charge in [0.2, 0.25) is 5.88 Å². The van der Waals surface area contributed by atoms with Gasteiger partial charge in [0.05, 0.1) is 40.3 Å². The second-order valence-electron chi connectivity index (χ2n) is 12.8. The van der Waals surface area contributed by atoms with Crippen molar-refractivity contribution in [3.8, 4) is 5.88 Å². The third-order valence-corrected chi connectivity index (χ3v) is 8.86. The molecule has 1 fully saturated rings. The minimum absolute atomic E-state index is 0.0463. The maximum Gasteiger partial charge on any atom is 0.416 e. The number of amides is 1. The highest BCUT2D eigenvalue weighted by atomic mass is 32.1. The van der Waals surface area contributed by atoms with Crippen molar-refractivity contribution in [1.82, 2.24) is 9.88 Å². The fourth-order valence-electron chi connectivity index (χ4n) is 5.35. The van der Waals surface area contributed by atoms with E-state index < -0.39 is 35.1 Å². The average molecular weight is 660 g/mol. The van der Waals surface area contributed by atoms with Crippen molar-refractivity contribution in [2.24, 2.45) is 10.2 Å². The molecule has 3 aromatic rings. The Labute approximate surface area is 267 Å². The molecule has 0 unspecified atom stereocenters. The first-order valence-corrected chi connectivity index (χ1v) is 15.5. The largest absolute Gasteiger partial charge is 0.492 e. The van der Waals surface area contributed by atoms with Gasteiger partial charge in [-0.3, -0.25) is 4.90 Å². The van der Waals surface area contributed by atoms with E-state index >= 15 is 0 Å². The third kappa shape index (κ3) is 7.18. The molecule has 0 radical (unpaired) electrons. The zero-order valence-corrected chi connectivity index (χ0v) is 26.9. The van der Waals surface area contributed by atoms with Crippen molar-refractivity contribution >= 4 is 34.3 Å². The molecule has 0 saturated carbocycles. The molecule has 14 heteroatoms. The van der Waals surface area contributed by atoms with E-state index in [4.69, 9.17) is 4.74 Å². The molecule has 1 aromatic heterocycles. The van der Waals surface area contributed by atoms with E-state index in [0.29, 0.717) is 33.4 Å². The number of hydrogen-bond acceptors (Lipinski definition) is 10. The molecule has 46 heavy (non-hydrogen) atoms. The van der Waals surface area contributed by atoms with E-state index in [1.807, 2.05) is 4.90 Å². The summed E-state index contributed by atoms with van der Waals surface area (Å²) in [5, 5.41) is 41.2. The molecule has 2 aliphatic rings. The summed E-state index contributed by atoms with van der Waals surface area (Å²) in [7, 11) is 0. The molecule has 0 aliphatic carbocycles. The van der Waals surface area contributed by atoms with Crippen LogP contribution in [0, 0.1) is 0 Å². The van der Waals surface area contributed by atoms with Crippen molar-refractivity contribution in [1.29, 1.82) is 0 Å². The van der Waals surface area contributed by atoms with Crippen molar-refractivity contribution < 1.29 is 38.0 Å². The zero-order valence-electron chi connectivity index (χ0n) is 26.1. The molecule has 2 aromatic carbocycles. The van der Waals surface area contributed by atoms with Gasteiger partial charge in [-0.2, -0.15) is 28.4 Å². The highest BCUT2D eigenvalue weighted by molar-refractivity contribution is 7.17. The lowest BCUT2D eigenvalue weighted by Crippen LogP contribution is -2.57. The fourth-order valence-corrected chi connectivity index (χ4v) is 6.41. The molecule has 1 amide bonds. The number of rotatable bonds is 6. The van der Waals surface area contributed by atoms with E-state index in [9.17, 15) is 33.3 Å². The maximum absolute atomic E-state index is 14.4. The number of halogens is 3. The van der Waals surface area contributed by atoms with Crippen LogP contribution in [0.25, 0.3) is 5.57 Å². The number of carbonyl (C=O) groups is 1. The van der Waals surface area contributed by atoms with E-state index in [1.54, 1.807) is 45.2 Å². The summed E-state index contributed by atoms with van der Waals surface area (Å²) < 4.78 is 48.6. The number of piperazine rings is 1. The first kappa shape index (κ1) is 33.4. The zero-order chi connectivity index (χ0) is 33.6. The molecular weight excluding hydrogens is 623 g/mol. The Morgan fingerprint density at radius 3 is 2.48 bits per heavy atom. The van der Waals surface area contributed by atoms with Crippen LogP contribution in [0.5, 0.6) is 5.88 Å². The first-order chi connectivity index (χ1) is 21.4. The molecule has 1 saturated heterocycles. The van der Waals surface area contributed by atoms with Gasteiger partial charge in [-0.05, 0) is 74.7 Å². The Hall–Kier alpha value is -4.01. The van der Waals surface area contributed by atoms with Crippen LogP contribution in [-0.2, 0) is 22.9 Å². The van der Waals surface area contributed by atoms with Crippen molar-refractivity contribution in [3.05, 3.63) is 74.1 Å². The third-order valence-electron chi connectivity index (χ3n) is 7.69. The number of aromatic hydroxyl groups is 1. The average Bonchev–Trinajstić information content (AvgIpc) is 3.59. The number of alkyl halides is 3. The Balaban J connectivity index is 1.55. The van der Waals surface area contributed by atoms with Gasteiger partial charge < -0.3 is 25.0 Å². The van der Waals surface area contributed by atoms with Gasteiger partial charge in [0, 0.05) is 31.6 Å². The number of aromatic nitrogens is 1. The van der Waals surface area contributed by atoms with Gasteiger partial charge in [-0.1, -0.05) is 29.5 Å². The van der Waals surface area contributed by atoms with Crippen LogP contribution < -0.4 is 15.5 Å². The van der Waals surface area contributed by atoms with Crippen LogP contribution >= 0.6 is 11.3 Å². The van der Waals surface area contributed by atoms with Gasteiger partial charge in [0.1, 0.15) is 5.60 Å². The molecular formula is C32H36F3N5O5S. The van der Waals surface area contributed by atoms with Crippen LogP contribution in [0.2, 0.25) is 0 Å². The summed E-state index contributed by atoms with van der Waals surface area (Å²) >= 11 is 1.11. The van der Waals surface area contributed by atoms with E-state index in [0.717, 1.165) is 17.4 Å². The number of benzene rings is 2. The predicted molar refractivity (Wildman–Crippen MR) is 168 cm³/mol. The summed E-state index contributed by atoms with van der Waals surface area (Å²) in [6.07, 6.45) is -3.92. The number of aliphatic hydroxyl groups excluding tert-OH is 1. The van der Waals surface area contributed by atoms with Crippen LogP contribution in [0.1, 0.15) is 61.7 Å². The molecule has 3 N–H and O–H groups in total. The molecule has 1 atom stereocenters. The lowest BCUT2D eigenvalue weighted by Gasteiger charge is -2.40. The SMILES string of the molecule is CC(C)(C)OC(=O)N1CCN(c2nc(O)c(C(Cc3ccc(C(C)(C)O)cc3C(F)(F)F)=c3ccc4c(c3)C=NN=4)s2)C[C@@H]1CO. The molecule has 0 spiro atoms. The summed E-state index contributed by atoms with van der Waals surface area (Å²) in [5.41, 5.74) is -1.94. The molecule has 3 heterocycles. The van der Waals surface area contributed by atoms with Gasteiger partial charge in [-0.15, -0.1) is 0 Å². The second kappa shape index (κ2) is 12.3. The lowest BCUT2D eigenvalue weighted by atomic mass is 9.90. The number of carbonyl (C=O) groups excluding carboxylic acids is 1. The van der Waals surface area contributed by atoms with Crippen molar-refractivity contribution in [2.75, 3.05) is 31.1 Å². The van der Waals surface area contributed by atoms with E-state index in [1.165, 1.54) is 30.9 Å². The van der Waals surface area contributed by atoms with Gasteiger partial charge in [-0.25, -0.2) is 4.79 Å². The van der Waals surface area contributed by atoms with Crippen molar-refractivity contribution in [2.45, 2.75) is 64.5 Å². The normalized spacial score (nSPS) is 17.6. The Morgan fingerprint density at radius 2 is 1.83 bits per heavy atom. The van der Waals surface area contributed by atoms with E-state index in [-0.39, 0.29) is 48.0 Å². The monoisotopic (exact) mass is 659 g/mol. The molecule has 5 rings (SSSR count). The lowest BCUT2D eigenvalue weighted by molar-refractivity contribution is -0.138. The number of ether oxygens (including phenoxy) is 1. The van der Waals surface area contributed by atoms with Gasteiger partial charge in [0.25, 0.3) is 0 Å². The summed E-state index contributed by atoms with van der Waals surface area (Å²) in [4.78, 5) is 20.7. The summed E-state index contributed by atoms with van der Waals surface area (Å²) in [6, 6.07) is 8.34. The summed E-state index contributed by atoms with van der Waals surface area (Å²) in [5.74, 6) is -0.356. The smallest absolute Gasteiger partial charge is 0.416 e. The minimum atomic E-state index is -4.71. The topological polar surface area (TPSA) is 131 Å². The molecule has 10 nitrogen and oxygen atoms in total. The highest BCUT2D eigenvalue weighted by Crippen LogP contribution is 2.40. The summed E-state index contributed by atoms with van der Waals surface area (Å²) in [6.45, 7) is 8.52. The van der Waals surface area contributed by atoms with Crippen LogP contribution in [0.4, 0.5) is 23.1 Å². The second-order valence-corrected chi connectivity index (χ2v) is 13.8. The van der Waals surface area contributed by atoms with E-state index in [2.05, 4.69) is 15.2 Å². The molecule has 2 aliphatic heterocycles. The molecule has 0 bridgehead atoms. The number of anilines is 1. The fraction of sp³-hybridized carbons (Fsp3) is 0.438. The Morgan fingerprint density at radius 1 is 1.09 bits per heavy atom. The van der Waals surface area contributed by atoms with Gasteiger partial charge >= 0.3 is 12.3 Å². The van der Waals surface area contributed by atoms with Gasteiger partial charge in [0.15, 0.2) is 5.13 Å². The van der Waals surface area contributed by atoms with Crippen LogP contribution in [0.15, 0.2) is 46.6 Å². The quantitative estimate of drug-likeness (QED) is 0.366. The number of nitrogens with zero attached hydrogens (tertiary/aromatic N) is 5. The number of thiazole rings is 1.